The first-order valence-electron chi connectivity index (χ1n) is 17.0. The van der Waals surface area contributed by atoms with Gasteiger partial charge in [0.15, 0.2) is 6.10 Å². The maximum absolute atomic E-state index is 13.3. The van der Waals surface area contributed by atoms with E-state index in [2.05, 4.69) is 21.3 Å². The quantitative estimate of drug-likeness (QED) is 0.0318. The summed E-state index contributed by atoms with van der Waals surface area (Å²) in [5.74, 6) is -6.33. The minimum atomic E-state index is -1.72. The van der Waals surface area contributed by atoms with Crippen LogP contribution in [0.2, 0.25) is 0 Å². The molecule has 300 valence electrons. The topological polar surface area (TPSA) is 312 Å². The monoisotopic (exact) mass is 776 g/mol. The predicted molar refractivity (Wildman–Crippen MR) is 186 cm³/mol. The second-order valence-corrected chi connectivity index (χ2v) is 12.0. The fourth-order valence-electron chi connectivity index (χ4n) is 5.19. The second kappa shape index (κ2) is 21.7. The van der Waals surface area contributed by atoms with Crippen molar-refractivity contribution in [2.75, 3.05) is 38.7 Å². The molecule has 5 atom stereocenters. The summed E-state index contributed by atoms with van der Waals surface area (Å²) in [5.41, 5.74) is 6.07. The van der Waals surface area contributed by atoms with Crippen molar-refractivity contribution < 1.29 is 72.6 Å². The van der Waals surface area contributed by atoms with Crippen molar-refractivity contribution in [3.63, 3.8) is 0 Å². The number of rotatable bonds is 23. The molecule has 0 saturated heterocycles. The standard InChI is InChI=1S/C34H44N6O15/c1-52-13-10-26(43)36-11-3-2-4-20(39-32(49)22(16-35)40-28(45)7-8-29(40)46)31(48)37-12-9-27(44)38-21-14-19(17-53-18-41)5-6-24(21)54-34-30(47)23(42)15-25(55-34)33(50)51/h5-8,14-15,18,20,22-23,30,34,42,47H,2-4,9-13,16-17,35H2,1H3,(H,36,43)(H,37,48)(H,38,44)(H,39,49)(H,50,51)/t20-,22?,23-,30+,34+/m0/s1. The Morgan fingerprint density at radius 1 is 1.00 bits per heavy atom. The molecule has 3 rings (SSSR count). The van der Waals surface area contributed by atoms with Gasteiger partial charge in [0.1, 0.15) is 30.5 Å². The van der Waals surface area contributed by atoms with Crippen molar-refractivity contribution in [2.45, 2.75) is 69.3 Å². The third-order valence-electron chi connectivity index (χ3n) is 8.02. The van der Waals surface area contributed by atoms with Gasteiger partial charge in [-0.25, -0.2) is 4.79 Å². The Hall–Kier alpha value is -5.90. The summed E-state index contributed by atoms with van der Waals surface area (Å²) < 4.78 is 20.4. The van der Waals surface area contributed by atoms with Crippen LogP contribution in [-0.2, 0) is 59.2 Å². The predicted octanol–water partition coefficient (Wildman–Crippen LogP) is -2.71. The Morgan fingerprint density at radius 2 is 1.73 bits per heavy atom. The maximum atomic E-state index is 13.3. The van der Waals surface area contributed by atoms with Crippen LogP contribution < -0.4 is 31.7 Å². The Morgan fingerprint density at radius 3 is 2.38 bits per heavy atom. The second-order valence-electron chi connectivity index (χ2n) is 12.0. The zero-order valence-corrected chi connectivity index (χ0v) is 29.8. The van der Waals surface area contributed by atoms with Crippen LogP contribution in [-0.4, -0.2) is 132 Å². The minimum Gasteiger partial charge on any atom is -0.475 e. The van der Waals surface area contributed by atoms with Crippen LogP contribution in [0.25, 0.3) is 0 Å². The number of ether oxygens (including phenoxy) is 4. The molecule has 2 heterocycles. The van der Waals surface area contributed by atoms with Gasteiger partial charge >= 0.3 is 5.97 Å². The summed E-state index contributed by atoms with van der Waals surface area (Å²) in [7, 11) is 1.46. The van der Waals surface area contributed by atoms with Crippen molar-refractivity contribution in [3.8, 4) is 5.75 Å². The van der Waals surface area contributed by atoms with E-state index in [4.69, 9.17) is 24.7 Å². The van der Waals surface area contributed by atoms with Crippen molar-refractivity contribution in [1.29, 1.82) is 0 Å². The van der Waals surface area contributed by atoms with E-state index in [9.17, 15) is 53.7 Å². The first-order chi connectivity index (χ1) is 26.3. The van der Waals surface area contributed by atoms with Crippen molar-refractivity contribution >= 4 is 53.6 Å². The summed E-state index contributed by atoms with van der Waals surface area (Å²) in [5, 5.41) is 40.0. The molecule has 0 spiro atoms. The molecule has 1 unspecified atom stereocenters. The number of aliphatic carboxylic acids is 1. The number of hydrogen-bond acceptors (Lipinski definition) is 15. The summed E-state index contributed by atoms with van der Waals surface area (Å²) >= 11 is 0. The highest BCUT2D eigenvalue weighted by Crippen LogP contribution is 2.30. The van der Waals surface area contributed by atoms with Crippen molar-refractivity contribution in [3.05, 3.63) is 47.7 Å². The van der Waals surface area contributed by atoms with Crippen LogP contribution in [0.4, 0.5) is 5.69 Å². The molecule has 6 amide bonds. The fourth-order valence-corrected chi connectivity index (χ4v) is 5.19. The summed E-state index contributed by atoms with van der Waals surface area (Å²) in [6.45, 7) is -0.164. The van der Waals surface area contributed by atoms with E-state index in [0.29, 0.717) is 23.3 Å². The van der Waals surface area contributed by atoms with Gasteiger partial charge in [-0.05, 0) is 43.0 Å². The van der Waals surface area contributed by atoms with E-state index in [1.54, 1.807) is 0 Å². The van der Waals surface area contributed by atoms with Crippen LogP contribution in [0, 0.1) is 0 Å². The van der Waals surface area contributed by atoms with Gasteiger partial charge in [0.2, 0.25) is 29.4 Å². The molecule has 0 aromatic heterocycles. The lowest BCUT2D eigenvalue weighted by molar-refractivity contribution is -0.172. The van der Waals surface area contributed by atoms with E-state index in [1.807, 2.05) is 0 Å². The third kappa shape index (κ3) is 13.2. The van der Waals surface area contributed by atoms with E-state index >= 15 is 0 Å². The third-order valence-corrected chi connectivity index (χ3v) is 8.02. The van der Waals surface area contributed by atoms with Gasteiger partial charge < -0.3 is 61.3 Å². The Kier molecular flexibility index (Phi) is 17.2. The van der Waals surface area contributed by atoms with Gasteiger partial charge in [-0.2, -0.15) is 0 Å². The molecule has 0 bridgehead atoms. The molecule has 0 fully saturated rings. The molecule has 9 N–H and O–H groups in total. The van der Waals surface area contributed by atoms with E-state index in [-0.39, 0.29) is 69.4 Å². The number of methoxy groups -OCH3 is 1. The van der Waals surface area contributed by atoms with E-state index < -0.39 is 78.4 Å². The lowest BCUT2D eigenvalue weighted by Gasteiger charge is -2.31. The molecule has 2 aliphatic rings. The number of amides is 6. The number of carboxylic acid groups (broad SMARTS) is 1. The summed E-state index contributed by atoms with van der Waals surface area (Å²) in [6, 6.07) is 1.51. The highest BCUT2D eigenvalue weighted by atomic mass is 16.7. The number of nitrogens with zero attached hydrogens (tertiary/aromatic N) is 1. The number of carbonyl (C=O) groups is 8. The molecule has 0 saturated carbocycles. The highest BCUT2D eigenvalue weighted by Gasteiger charge is 2.38. The zero-order valence-electron chi connectivity index (χ0n) is 29.8. The SMILES string of the molecule is COCCC(=O)NCCCC[C@H](NC(=O)C(CN)N1C(=O)C=CC1=O)C(=O)NCCC(=O)Nc1cc(COC=O)ccc1O[C@@H]1OC(C(=O)O)=C[C@H](O)[C@H]1O. The normalized spacial score (nSPS) is 18.7. The summed E-state index contributed by atoms with van der Waals surface area (Å²) in [4.78, 5) is 98.7. The van der Waals surface area contributed by atoms with Gasteiger partial charge in [-0.1, -0.05) is 6.07 Å². The molecular weight excluding hydrogens is 732 g/mol. The van der Waals surface area contributed by atoms with Crippen molar-refractivity contribution in [1.82, 2.24) is 20.9 Å². The molecule has 1 aromatic carbocycles. The maximum Gasteiger partial charge on any atom is 0.371 e. The van der Waals surface area contributed by atoms with Gasteiger partial charge in [-0.3, -0.25) is 38.5 Å². The zero-order chi connectivity index (χ0) is 40.5. The van der Waals surface area contributed by atoms with Crippen molar-refractivity contribution in [2.24, 2.45) is 5.73 Å². The smallest absolute Gasteiger partial charge is 0.371 e. The number of benzene rings is 1. The lowest BCUT2D eigenvalue weighted by Crippen LogP contribution is -2.57. The highest BCUT2D eigenvalue weighted by molar-refractivity contribution is 6.15. The van der Waals surface area contributed by atoms with Crippen LogP contribution in [0.1, 0.15) is 37.7 Å². The number of carbonyl (C=O) groups excluding carboxylic acids is 7. The van der Waals surface area contributed by atoms with Gasteiger partial charge in [0.25, 0.3) is 24.6 Å². The average Bonchev–Trinajstić information content (AvgIpc) is 3.48. The fraction of sp³-hybridized carbons (Fsp3) is 0.471. The molecule has 21 heteroatoms. The molecule has 0 aliphatic carbocycles. The van der Waals surface area contributed by atoms with Gasteiger partial charge in [0.05, 0.1) is 12.3 Å². The van der Waals surface area contributed by atoms with E-state index in [1.165, 1.54) is 25.3 Å². The number of anilines is 1. The number of carboxylic acids is 1. The largest absolute Gasteiger partial charge is 0.475 e. The number of imide groups is 1. The number of nitrogens with one attached hydrogen (secondary N) is 4. The first-order valence-corrected chi connectivity index (χ1v) is 17.0. The number of hydrogen-bond donors (Lipinski definition) is 8. The lowest BCUT2D eigenvalue weighted by atomic mass is 10.1. The minimum absolute atomic E-state index is 0.0344. The Labute approximate surface area is 314 Å². The Bertz CT molecular complexity index is 1630. The van der Waals surface area contributed by atoms with Crippen LogP contribution >= 0.6 is 0 Å². The van der Waals surface area contributed by atoms with Gasteiger partial charge in [-0.15, -0.1) is 0 Å². The van der Waals surface area contributed by atoms with Gasteiger partial charge in [0, 0.05) is 51.7 Å². The molecule has 21 nitrogen and oxygen atoms in total. The molecule has 2 aliphatic heterocycles. The molecular formula is C34H44N6O15. The summed E-state index contributed by atoms with van der Waals surface area (Å²) in [6.07, 6.45) is -1.68. The Balaban J connectivity index is 1.67. The van der Waals surface area contributed by atoms with Crippen LogP contribution in [0.15, 0.2) is 42.2 Å². The van der Waals surface area contributed by atoms with Crippen LogP contribution in [0.5, 0.6) is 5.75 Å². The average molecular weight is 777 g/mol. The number of unbranched alkanes of at least 4 members (excludes halogenated alkanes) is 1. The molecule has 1 aromatic rings. The number of aliphatic hydroxyl groups is 2. The number of nitrogens with two attached hydrogens (primary N) is 1. The molecule has 55 heavy (non-hydrogen) atoms. The number of aliphatic hydroxyl groups excluding tert-OH is 2. The first kappa shape index (κ1) is 43.5. The molecule has 0 radical (unpaired) electrons. The van der Waals surface area contributed by atoms with E-state index in [0.717, 1.165) is 18.2 Å². The van der Waals surface area contributed by atoms with Crippen LogP contribution in [0.3, 0.4) is 0 Å².